The van der Waals surface area contributed by atoms with Crippen molar-refractivity contribution in [2.75, 3.05) is 7.11 Å². The van der Waals surface area contributed by atoms with Gasteiger partial charge in [-0.05, 0) is 25.3 Å². The molecule has 0 bridgehead atoms. The second-order valence-corrected chi connectivity index (χ2v) is 7.24. The Morgan fingerprint density at radius 1 is 1.53 bits per heavy atom. The van der Waals surface area contributed by atoms with Crippen LogP contribution in [0.3, 0.4) is 0 Å². The molecule has 0 spiro atoms. The first kappa shape index (κ1) is 14.4. The van der Waals surface area contributed by atoms with Gasteiger partial charge in [-0.1, -0.05) is 0 Å². The third-order valence-corrected chi connectivity index (χ3v) is 5.94. The van der Waals surface area contributed by atoms with Crippen LogP contribution in [0.1, 0.15) is 28.8 Å². The lowest BCUT2D eigenvalue weighted by Crippen LogP contribution is -2.47. The van der Waals surface area contributed by atoms with E-state index in [0.29, 0.717) is 11.1 Å². The average molecular weight is 304 g/mol. The SMILES string of the molecule is COC1CC(NC(=O)c2csc(S(N)(=O)=O)c2C)C1. The number of rotatable bonds is 4. The van der Waals surface area contributed by atoms with Crippen molar-refractivity contribution in [3.63, 3.8) is 0 Å². The molecular weight excluding hydrogens is 288 g/mol. The second kappa shape index (κ2) is 5.20. The first-order valence-electron chi connectivity index (χ1n) is 5.77. The van der Waals surface area contributed by atoms with Crippen LogP contribution in [-0.2, 0) is 14.8 Å². The van der Waals surface area contributed by atoms with Crippen LogP contribution in [0.4, 0.5) is 0 Å². The highest BCUT2D eigenvalue weighted by molar-refractivity contribution is 7.91. The number of primary sulfonamides is 1. The number of carbonyl (C=O) groups excluding carboxylic acids is 1. The highest BCUT2D eigenvalue weighted by Crippen LogP contribution is 2.27. The van der Waals surface area contributed by atoms with E-state index in [9.17, 15) is 13.2 Å². The van der Waals surface area contributed by atoms with Gasteiger partial charge in [0, 0.05) is 18.5 Å². The molecule has 0 radical (unpaired) electrons. The second-order valence-electron chi connectivity index (χ2n) is 4.61. The van der Waals surface area contributed by atoms with E-state index in [-0.39, 0.29) is 22.3 Å². The number of nitrogens with one attached hydrogen (secondary N) is 1. The molecule has 1 aliphatic rings. The Morgan fingerprint density at radius 3 is 2.63 bits per heavy atom. The van der Waals surface area contributed by atoms with E-state index < -0.39 is 10.0 Å². The highest BCUT2D eigenvalue weighted by Gasteiger charge is 2.31. The van der Waals surface area contributed by atoms with Crippen molar-refractivity contribution in [2.45, 2.75) is 36.1 Å². The minimum Gasteiger partial charge on any atom is -0.381 e. The average Bonchev–Trinajstić information content (AvgIpc) is 2.64. The number of hydrogen-bond donors (Lipinski definition) is 2. The van der Waals surface area contributed by atoms with Crippen molar-refractivity contribution in [1.29, 1.82) is 0 Å². The maximum Gasteiger partial charge on any atom is 0.252 e. The quantitative estimate of drug-likeness (QED) is 0.851. The predicted molar refractivity (Wildman–Crippen MR) is 71.7 cm³/mol. The standard InChI is InChI=1S/C11H16N2O4S2/c1-6-9(5-18-11(6)19(12,15)16)10(14)13-7-3-8(4-7)17-2/h5,7-8H,3-4H2,1-2H3,(H,13,14)(H2,12,15,16). The van der Waals surface area contributed by atoms with E-state index in [1.165, 1.54) is 5.38 Å². The van der Waals surface area contributed by atoms with Gasteiger partial charge in [0.2, 0.25) is 10.0 Å². The number of methoxy groups -OCH3 is 1. The molecule has 106 valence electrons. The van der Waals surface area contributed by atoms with Crippen LogP contribution in [0, 0.1) is 6.92 Å². The molecule has 1 amide bonds. The molecule has 0 aromatic carbocycles. The van der Waals surface area contributed by atoms with Gasteiger partial charge in [0.15, 0.2) is 0 Å². The van der Waals surface area contributed by atoms with E-state index >= 15 is 0 Å². The van der Waals surface area contributed by atoms with Gasteiger partial charge in [-0.2, -0.15) is 0 Å². The molecule has 0 atom stereocenters. The Morgan fingerprint density at radius 2 is 2.16 bits per heavy atom. The number of nitrogens with two attached hydrogens (primary N) is 1. The molecule has 1 aliphatic carbocycles. The zero-order valence-corrected chi connectivity index (χ0v) is 12.3. The zero-order valence-electron chi connectivity index (χ0n) is 10.7. The van der Waals surface area contributed by atoms with Crippen molar-refractivity contribution in [1.82, 2.24) is 5.32 Å². The molecule has 0 unspecified atom stereocenters. The summed E-state index contributed by atoms with van der Waals surface area (Å²) < 4.78 is 27.8. The Kier molecular flexibility index (Phi) is 3.95. The maximum atomic E-state index is 12.0. The number of sulfonamides is 1. The van der Waals surface area contributed by atoms with E-state index in [4.69, 9.17) is 9.88 Å². The molecule has 3 N–H and O–H groups in total. The van der Waals surface area contributed by atoms with Gasteiger partial charge in [0.25, 0.3) is 5.91 Å². The summed E-state index contributed by atoms with van der Waals surface area (Å²) >= 11 is 0.971. The molecule has 0 saturated heterocycles. The van der Waals surface area contributed by atoms with E-state index in [1.807, 2.05) is 0 Å². The van der Waals surface area contributed by atoms with Crippen molar-refractivity contribution in [3.05, 3.63) is 16.5 Å². The Hall–Kier alpha value is -0.960. The minimum absolute atomic E-state index is 0.0426. The minimum atomic E-state index is -3.76. The maximum absolute atomic E-state index is 12.0. The lowest BCUT2D eigenvalue weighted by molar-refractivity contribution is 0.0176. The molecule has 1 aromatic rings. The fourth-order valence-corrected chi connectivity index (χ4v) is 4.06. The van der Waals surface area contributed by atoms with Gasteiger partial charge in [-0.25, -0.2) is 13.6 Å². The van der Waals surface area contributed by atoms with Gasteiger partial charge in [-0.15, -0.1) is 11.3 Å². The number of thiophene rings is 1. The first-order chi connectivity index (χ1) is 8.82. The summed E-state index contributed by atoms with van der Waals surface area (Å²) in [5, 5.41) is 9.46. The zero-order chi connectivity index (χ0) is 14.2. The molecule has 1 saturated carbocycles. The molecule has 6 nitrogen and oxygen atoms in total. The van der Waals surface area contributed by atoms with Crippen molar-refractivity contribution >= 4 is 27.3 Å². The van der Waals surface area contributed by atoms with Gasteiger partial charge in [-0.3, -0.25) is 4.79 Å². The molecule has 2 rings (SSSR count). The smallest absolute Gasteiger partial charge is 0.252 e. The largest absolute Gasteiger partial charge is 0.381 e. The molecule has 1 aromatic heterocycles. The summed E-state index contributed by atoms with van der Waals surface area (Å²) in [6.45, 7) is 1.59. The van der Waals surface area contributed by atoms with E-state index in [2.05, 4.69) is 5.32 Å². The van der Waals surface area contributed by atoms with Crippen molar-refractivity contribution < 1.29 is 17.9 Å². The monoisotopic (exact) mass is 304 g/mol. The number of carbonyl (C=O) groups is 1. The first-order valence-corrected chi connectivity index (χ1v) is 8.20. The Bertz CT molecular complexity index is 588. The fraction of sp³-hybridized carbons (Fsp3) is 0.545. The molecular formula is C11H16N2O4S2. The van der Waals surface area contributed by atoms with Crippen LogP contribution in [0.25, 0.3) is 0 Å². The Balaban J connectivity index is 2.07. The summed E-state index contributed by atoms with van der Waals surface area (Å²) in [6, 6.07) is 0.0923. The normalized spacial score (nSPS) is 22.9. The lowest BCUT2D eigenvalue weighted by Gasteiger charge is -2.34. The van der Waals surface area contributed by atoms with Crippen LogP contribution >= 0.6 is 11.3 Å². The highest BCUT2D eigenvalue weighted by atomic mass is 32.2. The third-order valence-electron chi connectivity index (χ3n) is 3.26. The molecule has 1 fully saturated rings. The fourth-order valence-electron chi connectivity index (χ4n) is 2.04. The van der Waals surface area contributed by atoms with E-state index in [1.54, 1.807) is 14.0 Å². The topological polar surface area (TPSA) is 98.5 Å². The summed E-state index contributed by atoms with van der Waals surface area (Å²) in [5.41, 5.74) is 0.780. The molecule has 1 heterocycles. The molecule has 8 heteroatoms. The summed E-state index contributed by atoms with van der Waals surface area (Å²) in [4.78, 5) is 12.0. The van der Waals surface area contributed by atoms with Crippen molar-refractivity contribution in [2.24, 2.45) is 5.14 Å². The van der Waals surface area contributed by atoms with Crippen LogP contribution in [-0.4, -0.2) is 33.6 Å². The van der Waals surface area contributed by atoms with Gasteiger partial charge in [0.05, 0.1) is 11.7 Å². The van der Waals surface area contributed by atoms with Gasteiger partial charge in [0.1, 0.15) is 4.21 Å². The van der Waals surface area contributed by atoms with Crippen LogP contribution in [0.2, 0.25) is 0 Å². The lowest BCUT2D eigenvalue weighted by atomic mass is 9.89. The van der Waals surface area contributed by atoms with Gasteiger partial charge >= 0.3 is 0 Å². The summed E-state index contributed by atoms with van der Waals surface area (Å²) in [7, 11) is -2.12. The molecule has 0 aliphatic heterocycles. The van der Waals surface area contributed by atoms with Crippen LogP contribution < -0.4 is 10.5 Å². The number of hydrogen-bond acceptors (Lipinski definition) is 5. The van der Waals surface area contributed by atoms with Crippen LogP contribution in [0.15, 0.2) is 9.59 Å². The number of amides is 1. The van der Waals surface area contributed by atoms with Crippen molar-refractivity contribution in [3.8, 4) is 0 Å². The van der Waals surface area contributed by atoms with Crippen LogP contribution in [0.5, 0.6) is 0 Å². The third kappa shape index (κ3) is 2.97. The summed E-state index contributed by atoms with van der Waals surface area (Å²) in [5.74, 6) is -0.261. The summed E-state index contributed by atoms with van der Waals surface area (Å²) in [6.07, 6.45) is 1.77. The molecule has 19 heavy (non-hydrogen) atoms. The number of ether oxygens (including phenoxy) is 1. The van der Waals surface area contributed by atoms with E-state index in [0.717, 1.165) is 24.2 Å². The Labute approximate surface area is 116 Å². The predicted octanol–water partition coefficient (Wildman–Crippen LogP) is 0.611. The van der Waals surface area contributed by atoms with Gasteiger partial charge < -0.3 is 10.1 Å².